The molecule has 2 aliphatic rings. The second-order valence-electron chi connectivity index (χ2n) is 13.9. The summed E-state index contributed by atoms with van der Waals surface area (Å²) in [5.41, 5.74) is 3.04. The summed E-state index contributed by atoms with van der Waals surface area (Å²) >= 11 is 0. The predicted octanol–water partition coefficient (Wildman–Crippen LogP) is 5.39. The van der Waals surface area contributed by atoms with Crippen molar-refractivity contribution in [1.29, 1.82) is 0 Å². The predicted molar refractivity (Wildman–Crippen MR) is 198 cm³/mol. The molecule has 1 fully saturated rings. The fraction of sp³-hybridized carbons (Fsp3) is 0.447. The molecular formula is C38H47N7O7. The van der Waals surface area contributed by atoms with E-state index in [1.807, 2.05) is 81.1 Å². The van der Waals surface area contributed by atoms with Crippen LogP contribution < -0.4 is 20.7 Å². The molecule has 14 nitrogen and oxygen atoms in total. The van der Waals surface area contributed by atoms with Crippen molar-refractivity contribution < 1.29 is 28.9 Å². The number of carbonyl (C=O) groups is 2. The Morgan fingerprint density at radius 1 is 1.00 bits per heavy atom. The number of nitrogens with one attached hydrogen (secondary N) is 1. The number of likely N-dealkylation sites (tertiary alicyclic amines) is 1. The molecule has 0 spiro atoms. The molecule has 14 heteroatoms. The number of anilines is 4. The number of aliphatic hydroxyl groups excluding tert-OH is 1. The van der Waals surface area contributed by atoms with Gasteiger partial charge >= 0.3 is 12.2 Å². The third kappa shape index (κ3) is 8.29. The van der Waals surface area contributed by atoms with Gasteiger partial charge in [0.25, 0.3) is 5.56 Å². The SMILES string of the molecule is Cc1cccc2c1N(C(=O)OCc1ccccc1)CCN2c1cc2cnc(NCCOCCO)nc2n(C2CCCN(C(=O)OC(C)(C)C)C2)c1=O. The van der Waals surface area contributed by atoms with Crippen LogP contribution in [0.15, 0.2) is 65.6 Å². The molecule has 2 aromatic carbocycles. The Balaban J connectivity index is 1.37. The van der Waals surface area contributed by atoms with Gasteiger partial charge in [0.1, 0.15) is 23.5 Å². The average Bonchev–Trinajstić information content (AvgIpc) is 3.13. The molecule has 6 rings (SSSR count). The molecule has 4 heterocycles. The first kappa shape index (κ1) is 36.6. The molecule has 2 amide bonds. The molecule has 52 heavy (non-hydrogen) atoms. The van der Waals surface area contributed by atoms with Gasteiger partial charge in [-0.1, -0.05) is 42.5 Å². The Hall–Kier alpha value is -5.21. The third-order valence-electron chi connectivity index (χ3n) is 8.97. The largest absolute Gasteiger partial charge is 0.444 e. The standard InChI is InChI=1S/C38H47N7O7/c1-26-10-8-14-30-32(26)44(37(49)51-25-27-11-6-5-7-12-27)18-17-43(30)31-22-28-23-40-35(39-15-20-50-21-19-46)41-33(28)45(34(31)47)29-13-9-16-42(24-29)36(48)52-38(2,3)4/h5-8,10-12,14,22-23,29,46H,9,13,15-21,24-25H2,1-4H3,(H,39,40,41). The molecule has 0 saturated carbocycles. The number of aromatic nitrogens is 3. The highest BCUT2D eigenvalue weighted by Gasteiger charge is 2.34. The van der Waals surface area contributed by atoms with E-state index in [9.17, 15) is 14.4 Å². The van der Waals surface area contributed by atoms with Gasteiger partial charge in [-0.15, -0.1) is 0 Å². The molecule has 0 bridgehead atoms. The number of hydrogen-bond donors (Lipinski definition) is 2. The van der Waals surface area contributed by atoms with E-state index in [0.717, 1.165) is 11.1 Å². The van der Waals surface area contributed by atoms with Gasteiger partial charge in [0.05, 0.1) is 37.2 Å². The second kappa shape index (κ2) is 16.0. The number of hydrogen-bond acceptors (Lipinski definition) is 11. The fourth-order valence-corrected chi connectivity index (χ4v) is 6.66. The van der Waals surface area contributed by atoms with Crippen molar-refractivity contribution in [2.24, 2.45) is 0 Å². The highest BCUT2D eigenvalue weighted by atomic mass is 16.6. The molecule has 0 aliphatic carbocycles. The number of aryl methyl sites for hydroxylation is 1. The van der Waals surface area contributed by atoms with Crippen LogP contribution in [0.5, 0.6) is 0 Å². The van der Waals surface area contributed by atoms with Crippen LogP contribution in [-0.2, 0) is 20.8 Å². The normalized spacial score (nSPS) is 16.1. The lowest BCUT2D eigenvalue weighted by Crippen LogP contribution is -2.47. The number of benzene rings is 2. The Labute approximate surface area is 302 Å². The summed E-state index contributed by atoms with van der Waals surface area (Å²) in [7, 11) is 0. The van der Waals surface area contributed by atoms with Gasteiger partial charge in [0, 0.05) is 44.3 Å². The molecule has 1 saturated heterocycles. The Kier molecular flexibility index (Phi) is 11.2. The van der Waals surface area contributed by atoms with Crippen molar-refractivity contribution in [1.82, 2.24) is 19.4 Å². The Morgan fingerprint density at radius 2 is 1.81 bits per heavy atom. The molecule has 0 radical (unpaired) electrons. The number of rotatable bonds is 10. The van der Waals surface area contributed by atoms with E-state index in [0.29, 0.717) is 73.1 Å². The summed E-state index contributed by atoms with van der Waals surface area (Å²) < 4.78 is 18.5. The smallest absolute Gasteiger partial charge is 0.414 e. The van der Waals surface area contributed by atoms with Crippen LogP contribution in [0.4, 0.5) is 32.6 Å². The van der Waals surface area contributed by atoms with Crippen LogP contribution in [0.25, 0.3) is 11.0 Å². The summed E-state index contributed by atoms with van der Waals surface area (Å²) in [6.45, 7) is 9.87. The number of carbonyl (C=O) groups excluding carboxylic acids is 2. The molecule has 276 valence electrons. The van der Waals surface area contributed by atoms with Gasteiger partial charge in [-0.05, 0) is 63.8 Å². The van der Waals surface area contributed by atoms with E-state index in [-0.39, 0.29) is 38.5 Å². The first-order valence-electron chi connectivity index (χ1n) is 17.7. The number of amides is 2. The number of fused-ring (bicyclic) bond motifs is 2. The summed E-state index contributed by atoms with van der Waals surface area (Å²) in [5, 5.41) is 12.8. The van der Waals surface area contributed by atoms with E-state index in [4.69, 9.17) is 24.3 Å². The van der Waals surface area contributed by atoms with Gasteiger partial charge in [0.2, 0.25) is 5.95 Å². The lowest BCUT2D eigenvalue weighted by Gasteiger charge is -2.39. The number of para-hydroxylation sites is 1. The van der Waals surface area contributed by atoms with E-state index >= 15 is 0 Å². The fourth-order valence-electron chi connectivity index (χ4n) is 6.66. The van der Waals surface area contributed by atoms with Gasteiger partial charge in [-0.25, -0.2) is 14.6 Å². The number of pyridine rings is 1. The first-order chi connectivity index (χ1) is 25.0. The molecule has 1 unspecified atom stereocenters. The summed E-state index contributed by atoms with van der Waals surface area (Å²) in [5.74, 6) is 0.324. The molecule has 2 N–H and O–H groups in total. The molecule has 2 aliphatic heterocycles. The van der Waals surface area contributed by atoms with E-state index in [2.05, 4.69) is 10.3 Å². The van der Waals surface area contributed by atoms with Gasteiger partial charge in [0.15, 0.2) is 0 Å². The van der Waals surface area contributed by atoms with E-state index in [1.54, 1.807) is 26.6 Å². The zero-order valence-electron chi connectivity index (χ0n) is 30.2. The first-order valence-corrected chi connectivity index (χ1v) is 17.7. The average molecular weight is 714 g/mol. The van der Waals surface area contributed by atoms with Gasteiger partial charge < -0.3 is 34.4 Å². The van der Waals surface area contributed by atoms with Crippen molar-refractivity contribution in [3.05, 3.63) is 82.3 Å². The monoisotopic (exact) mass is 713 g/mol. The van der Waals surface area contributed by atoms with E-state index in [1.165, 1.54) is 0 Å². The van der Waals surface area contributed by atoms with Crippen molar-refractivity contribution in [3.63, 3.8) is 0 Å². The maximum atomic E-state index is 14.9. The summed E-state index contributed by atoms with van der Waals surface area (Å²) in [6.07, 6.45) is 2.11. The number of nitrogens with zero attached hydrogens (tertiary/aromatic N) is 6. The third-order valence-corrected chi connectivity index (χ3v) is 8.97. The van der Waals surface area contributed by atoms with Crippen molar-refractivity contribution in [3.8, 4) is 0 Å². The number of ether oxygens (including phenoxy) is 3. The minimum absolute atomic E-state index is 0.0692. The zero-order valence-corrected chi connectivity index (χ0v) is 30.2. The van der Waals surface area contributed by atoms with Crippen LogP contribution in [-0.4, -0.2) is 94.9 Å². The maximum absolute atomic E-state index is 14.9. The molecule has 1 atom stereocenters. The minimum Gasteiger partial charge on any atom is -0.444 e. The van der Waals surface area contributed by atoms with Gasteiger partial charge in [-0.3, -0.25) is 14.3 Å². The maximum Gasteiger partial charge on any atom is 0.414 e. The van der Waals surface area contributed by atoms with Crippen LogP contribution in [0.2, 0.25) is 0 Å². The summed E-state index contributed by atoms with van der Waals surface area (Å²) in [6, 6.07) is 16.7. The van der Waals surface area contributed by atoms with Crippen molar-refractivity contribution in [2.45, 2.75) is 58.8 Å². The van der Waals surface area contributed by atoms with Crippen LogP contribution in [0.3, 0.4) is 0 Å². The highest BCUT2D eigenvalue weighted by Crippen LogP contribution is 2.40. The molecule has 4 aromatic rings. The molecular weight excluding hydrogens is 666 g/mol. The lowest BCUT2D eigenvalue weighted by atomic mass is 10.0. The minimum atomic E-state index is -0.663. The quantitative estimate of drug-likeness (QED) is 0.204. The van der Waals surface area contributed by atoms with Crippen LogP contribution in [0, 0.1) is 6.92 Å². The summed E-state index contributed by atoms with van der Waals surface area (Å²) in [4.78, 5) is 56.1. The zero-order chi connectivity index (χ0) is 36.8. The topological polar surface area (TPSA) is 152 Å². The molecule has 2 aromatic heterocycles. The van der Waals surface area contributed by atoms with Crippen molar-refractivity contribution in [2.75, 3.05) is 67.7 Å². The highest BCUT2D eigenvalue weighted by molar-refractivity contribution is 5.97. The van der Waals surface area contributed by atoms with Crippen LogP contribution >= 0.6 is 0 Å². The Bertz CT molecular complexity index is 1950. The van der Waals surface area contributed by atoms with Gasteiger partial charge in [-0.2, -0.15) is 4.98 Å². The van der Waals surface area contributed by atoms with Crippen LogP contribution in [0.1, 0.15) is 50.8 Å². The second-order valence-corrected chi connectivity index (χ2v) is 13.9. The number of aliphatic hydroxyl groups is 1. The van der Waals surface area contributed by atoms with Crippen molar-refractivity contribution >= 4 is 46.2 Å². The van der Waals surface area contributed by atoms with E-state index < -0.39 is 23.8 Å². The lowest BCUT2D eigenvalue weighted by molar-refractivity contribution is 0.0173. The Morgan fingerprint density at radius 3 is 2.58 bits per heavy atom. The number of piperidine rings is 1.